The van der Waals surface area contributed by atoms with Gasteiger partial charge in [0, 0.05) is 25.7 Å². The molecule has 0 radical (unpaired) electrons. The fraction of sp³-hybridized carbons (Fsp3) is 1.00. The lowest BCUT2D eigenvalue weighted by Crippen LogP contribution is -2.42. The topological polar surface area (TPSA) is 38.7 Å². The van der Waals surface area contributed by atoms with Crippen molar-refractivity contribution in [3.8, 4) is 0 Å². The Morgan fingerprint density at radius 2 is 2.00 bits per heavy atom. The summed E-state index contributed by atoms with van der Waals surface area (Å²) in [6, 6.07) is 0.747. The second-order valence-corrected chi connectivity index (χ2v) is 5.76. The quantitative estimate of drug-likeness (QED) is 0.726. The maximum Gasteiger partial charge on any atom is 0.0791 e. The van der Waals surface area contributed by atoms with Gasteiger partial charge in [-0.05, 0) is 45.4 Å². The zero-order valence-corrected chi connectivity index (χ0v) is 11.8. The van der Waals surface area contributed by atoms with Crippen molar-refractivity contribution in [2.45, 2.75) is 44.8 Å². The van der Waals surface area contributed by atoms with Crippen molar-refractivity contribution < 1.29 is 5.11 Å². The zero-order chi connectivity index (χ0) is 12.8. The van der Waals surface area contributed by atoms with Crippen LogP contribution in [0.15, 0.2) is 0 Å². The van der Waals surface area contributed by atoms with Gasteiger partial charge in [0.05, 0.1) is 6.10 Å². The summed E-state index contributed by atoms with van der Waals surface area (Å²) in [7, 11) is 0. The molecule has 2 aliphatic rings. The van der Waals surface area contributed by atoms with E-state index >= 15 is 0 Å². The molecular weight excluding hydrogens is 226 g/mol. The van der Waals surface area contributed by atoms with Crippen LogP contribution < -0.4 is 5.32 Å². The number of likely N-dealkylation sites (N-methyl/N-ethyl adjacent to an activating group) is 1. The van der Waals surface area contributed by atoms with Gasteiger partial charge in [-0.25, -0.2) is 0 Å². The smallest absolute Gasteiger partial charge is 0.0791 e. The summed E-state index contributed by atoms with van der Waals surface area (Å²) < 4.78 is 0. The van der Waals surface area contributed by atoms with E-state index in [0.29, 0.717) is 0 Å². The lowest BCUT2D eigenvalue weighted by molar-refractivity contribution is 0.113. The molecule has 2 atom stereocenters. The molecule has 4 heteroatoms. The van der Waals surface area contributed by atoms with Gasteiger partial charge in [-0.3, -0.25) is 9.80 Å². The third kappa shape index (κ3) is 4.19. The molecule has 0 bridgehead atoms. The third-order valence-electron chi connectivity index (χ3n) is 4.25. The van der Waals surface area contributed by atoms with E-state index in [1.165, 1.54) is 38.8 Å². The van der Waals surface area contributed by atoms with Gasteiger partial charge in [-0.2, -0.15) is 0 Å². The molecule has 0 aliphatic carbocycles. The molecule has 0 amide bonds. The molecule has 2 rings (SSSR count). The Labute approximate surface area is 111 Å². The Morgan fingerprint density at radius 1 is 1.22 bits per heavy atom. The summed E-state index contributed by atoms with van der Waals surface area (Å²) in [6.07, 6.45) is 5.23. The Bertz CT molecular complexity index is 231. The first-order chi connectivity index (χ1) is 8.79. The van der Waals surface area contributed by atoms with Gasteiger partial charge in [0.1, 0.15) is 0 Å². The highest BCUT2D eigenvalue weighted by Gasteiger charge is 2.29. The summed E-state index contributed by atoms with van der Waals surface area (Å²) in [5, 5.41) is 13.1. The molecule has 2 aliphatic heterocycles. The van der Waals surface area contributed by atoms with Crippen LogP contribution >= 0.6 is 0 Å². The Balaban J connectivity index is 1.67. The van der Waals surface area contributed by atoms with E-state index in [0.717, 1.165) is 38.8 Å². The molecule has 0 saturated carbocycles. The molecule has 2 fully saturated rings. The van der Waals surface area contributed by atoms with Crippen LogP contribution in [0.2, 0.25) is 0 Å². The standard InChI is InChI=1S/C14H29N3O/c1-2-15-10-14(18)12-16-9-6-13(11-16)17-7-4-3-5-8-17/h13-15,18H,2-12H2,1H3. The number of piperidine rings is 1. The summed E-state index contributed by atoms with van der Waals surface area (Å²) in [5.74, 6) is 0. The van der Waals surface area contributed by atoms with Crippen molar-refractivity contribution >= 4 is 0 Å². The minimum atomic E-state index is -0.218. The molecule has 0 aromatic rings. The maximum atomic E-state index is 9.92. The fourth-order valence-electron chi connectivity index (χ4n) is 3.23. The summed E-state index contributed by atoms with van der Waals surface area (Å²) in [4.78, 5) is 5.10. The number of aliphatic hydroxyl groups is 1. The van der Waals surface area contributed by atoms with Gasteiger partial charge < -0.3 is 10.4 Å². The molecule has 2 heterocycles. The fourth-order valence-corrected chi connectivity index (χ4v) is 3.23. The Hall–Kier alpha value is -0.160. The van der Waals surface area contributed by atoms with E-state index in [-0.39, 0.29) is 6.10 Å². The van der Waals surface area contributed by atoms with Crippen LogP contribution in [-0.4, -0.2) is 72.9 Å². The number of β-amino-alcohol motifs (C(OH)–C–C–N with tert-alkyl or cyclic N) is 1. The molecule has 0 spiro atoms. The van der Waals surface area contributed by atoms with E-state index in [2.05, 4.69) is 22.0 Å². The van der Waals surface area contributed by atoms with Crippen LogP contribution in [0.5, 0.6) is 0 Å². The van der Waals surface area contributed by atoms with E-state index in [9.17, 15) is 5.11 Å². The number of rotatable bonds is 6. The van der Waals surface area contributed by atoms with Gasteiger partial charge in [0.2, 0.25) is 0 Å². The summed E-state index contributed by atoms with van der Waals surface area (Å²) >= 11 is 0. The lowest BCUT2D eigenvalue weighted by Gasteiger charge is -2.32. The molecular formula is C14H29N3O. The number of aliphatic hydroxyl groups excluding tert-OH is 1. The average molecular weight is 255 g/mol. The highest BCUT2D eigenvalue weighted by molar-refractivity contribution is 4.85. The van der Waals surface area contributed by atoms with Crippen molar-refractivity contribution in [3.05, 3.63) is 0 Å². The number of nitrogens with one attached hydrogen (secondary N) is 1. The summed E-state index contributed by atoms with van der Waals surface area (Å²) in [6.45, 7) is 9.46. The average Bonchev–Trinajstić information content (AvgIpc) is 2.86. The predicted molar refractivity (Wildman–Crippen MR) is 74.8 cm³/mol. The molecule has 106 valence electrons. The van der Waals surface area contributed by atoms with Gasteiger partial charge in [-0.1, -0.05) is 13.3 Å². The van der Waals surface area contributed by atoms with Crippen molar-refractivity contribution in [1.82, 2.24) is 15.1 Å². The Morgan fingerprint density at radius 3 is 2.72 bits per heavy atom. The van der Waals surface area contributed by atoms with Crippen molar-refractivity contribution in [2.24, 2.45) is 0 Å². The molecule has 2 unspecified atom stereocenters. The number of nitrogens with zero attached hydrogens (tertiary/aromatic N) is 2. The van der Waals surface area contributed by atoms with Gasteiger partial charge in [-0.15, -0.1) is 0 Å². The van der Waals surface area contributed by atoms with Crippen LogP contribution in [0.1, 0.15) is 32.6 Å². The highest BCUT2D eigenvalue weighted by Crippen LogP contribution is 2.20. The van der Waals surface area contributed by atoms with E-state index in [4.69, 9.17) is 0 Å². The highest BCUT2D eigenvalue weighted by atomic mass is 16.3. The van der Waals surface area contributed by atoms with Crippen LogP contribution in [0.3, 0.4) is 0 Å². The van der Waals surface area contributed by atoms with Crippen molar-refractivity contribution in [2.75, 3.05) is 45.8 Å². The Kier molecular flexibility index (Phi) is 5.89. The van der Waals surface area contributed by atoms with E-state index < -0.39 is 0 Å². The molecule has 18 heavy (non-hydrogen) atoms. The van der Waals surface area contributed by atoms with Gasteiger partial charge in [0.25, 0.3) is 0 Å². The molecule has 0 aromatic heterocycles. The minimum absolute atomic E-state index is 0.218. The maximum absolute atomic E-state index is 9.92. The predicted octanol–water partition coefficient (Wildman–Crippen LogP) is 0.517. The van der Waals surface area contributed by atoms with Crippen molar-refractivity contribution in [1.29, 1.82) is 0 Å². The van der Waals surface area contributed by atoms with E-state index in [1.807, 2.05) is 0 Å². The molecule has 2 N–H and O–H groups in total. The second kappa shape index (κ2) is 7.43. The largest absolute Gasteiger partial charge is 0.390 e. The molecule has 0 aromatic carbocycles. The van der Waals surface area contributed by atoms with Crippen LogP contribution in [0.25, 0.3) is 0 Å². The third-order valence-corrected chi connectivity index (χ3v) is 4.25. The van der Waals surface area contributed by atoms with Gasteiger partial charge in [0.15, 0.2) is 0 Å². The normalized spacial score (nSPS) is 28.7. The minimum Gasteiger partial charge on any atom is -0.390 e. The van der Waals surface area contributed by atoms with Crippen molar-refractivity contribution in [3.63, 3.8) is 0 Å². The first-order valence-electron chi connectivity index (χ1n) is 7.64. The summed E-state index contributed by atoms with van der Waals surface area (Å²) in [5.41, 5.74) is 0. The number of hydrogen-bond acceptors (Lipinski definition) is 4. The van der Waals surface area contributed by atoms with Gasteiger partial charge >= 0.3 is 0 Å². The number of hydrogen-bond donors (Lipinski definition) is 2. The first-order valence-corrected chi connectivity index (χ1v) is 7.64. The lowest BCUT2D eigenvalue weighted by atomic mass is 10.1. The first kappa shape index (κ1) is 14.3. The zero-order valence-electron chi connectivity index (χ0n) is 11.8. The van der Waals surface area contributed by atoms with Crippen LogP contribution in [0.4, 0.5) is 0 Å². The molecule has 2 saturated heterocycles. The van der Waals surface area contributed by atoms with E-state index in [1.54, 1.807) is 0 Å². The van der Waals surface area contributed by atoms with Crippen LogP contribution in [-0.2, 0) is 0 Å². The monoisotopic (exact) mass is 255 g/mol. The SMILES string of the molecule is CCNCC(O)CN1CCC(N2CCCCC2)C1. The second-order valence-electron chi connectivity index (χ2n) is 5.76. The number of likely N-dealkylation sites (tertiary alicyclic amines) is 2. The molecule has 4 nitrogen and oxygen atoms in total. The van der Waals surface area contributed by atoms with Crippen LogP contribution in [0, 0.1) is 0 Å².